The van der Waals surface area contributed by atoms with Gasteiger partial charge in [0.15, 0.2) is 0 Å². The predicted octanol–water partition coefficient (Wildman–Crippen LogP) is 1.68. The molecule has 4 nitrogen and oxygen atoms in total. The normalized spacial score (nSPS) is 13.2. The van der Waals surface area contributed by atoms with Crippen molar-refractivity contribution in [2.75, 3.05) is 6.61 Å². The lowest BCUT2D eigenvalue weighted by Gasteiger charge is -2.07. The summed E-state index contributed by atoms with van der Waals surface area (Å²) in [5.74, 6) is 0.837. The molecule has 0 spiro atoms. The van der Waals surface area contributed by atoms with Gasteiger partial charge < -0.3 is 4.74 Å². The Morgan fingerprint density at radius 1 is 1.35 bits per heavy atom. The molecule has 2 aromatic rings. The van der Waals surface area contributed by atoms with Crippen LogP contribution >= 0.6 is 0 Å². The summed E-state index contributed by atoms with van der Waals surface area (Å²) in [7, 11) is 0. The zero-order chi connectivity index (χ0) is 11.8. The van der Waals surface area contributed by atoms with Crippen molar-refractivity contribution in [1.82, 2.24) is 10.2 Å². The number of H-pyrrole nitrogens is 1. The number of fused-ring (bicyclic) bond motifs is 1. The third-order valence-corrected chi connectivity index (χ3v) is 2.94. The molecule has 1 aromatic heterocycles. The van der Waals surface area contributed by atoms with Gasteiger partial charge in [0.05, 0.1) is 17.9 Å². The Balaban J connectivity index is 2.26. The van der Waals surface area contributed by atoms with Crippen molar-refractivity contribution >= 4 is 0 Å². The Bertz CT molecular complexity index is 632. The number of nitrogens with zero attached hydrogens (tertiary/aromatic N) is 1. The molecule has 4 heteroatoms. The number of hydrogen-bond donors (Lipinski definition) is 1. The van der Waals surface area contributed by atoms with Crippen LogP contribution in [0.4, 0.5) is 0 Å². The molecule has 1 N–H and O–H groups in total. The second kappa shape index (κ2) is 3.73. The maximum absolute atomic E-state index is 11.8. The molecule has 0 saturated carbocycles. The summed E-state index contributed by atoms with van der Waals surface area (Å²) >= 11 is 0. The van der Waals surface area contributed by atoms with Gasteiger partial charge in [-0.15, -0.1) is 0 Å². The van der Waals surface area contributed by atoms with Gasteiger partial charge in [0.1, 0.15) is 5.75 Å². The Morgan fingerprint density at radius 2 is 2.24 bits per heavy atom. The molecule has 0 unspecified atom stereocenters. The first-order chi connectivity index (χ1) is 8.25. The molecule has 0 radical (unpaired) electrons. The average molecular weight is 228 g/mol. The molecular formula is C13H12N2O2. The van der Waals surface area contributed by atoms with E-state index in [0.29, 0.717) is 12.2 Å². The van der Waals surface area contributed by atoms with Crippen molar-refractivity contribution in [2.24, 2.45) is 0 Å². The van der Waals surface area contributed by atoms with Crippen LogP contribution in [0.1, 0.15) is 11.3 Å². The van der Waals surface area contributed by atoms with E-state index in [1.807, 2.05) is 25.1 Å². The average Bonchev–Trinajstić information content (AvgIpc) is 2.80. The summed E-state index contributed by atoms with van der Waals surface area (Å²) in [4.78, 5) is 11.8. The van der Waals surface area contributed by atoms with Crippen LogP contribution in [0, 0.1) is 6.92 Å². The Kier molecular flexibility index (Phi) is 2.21. The van der Waals surface area contributed by atoms with E-state index in [4.69, 9.17) is 4.74 Å². The molecule has 0 fully saturated rings. The molecule has 86 valence electrons. The first-order valence-corrected chi connectivity index (χ1v) is 5.57. The van der Waals surface area contributed by atoms with Gasteiger partial charge >= 0.3 is 0 Å². The second-order valence-corrected chi connectivity index (χ2v) is 4.14. The number of ether oxygens (including phenoxy) is 1. The summed E-state index contributed by atoms with van der Waals surface area (Å²) in [6.45, 7) is 2.54. The standard InChI is InChI=1S/C13H12N2O2/c1-8-7-11(13(16)15-14-8)10-4-2-3-9-5-6-17-12(9)10/h2-4,7H,5-6H2,1H3,(H,15,16). The van der Waals surface area contributed by atoms with Crippen molar-refractivity contribution in [3.8, 4) is 16.9 Å². The number of aromatic nitrogens is 2. The van der Waals surface area contributed by atoms with Crippen LogP contribution in [0.2, 0.25) is 0 Å². The van der Waals surface area contributed by atoms with Crippen LogP contribution < -0.4 is 10.3 Å². The van der Waals surface area contributed by atoms with E-state index in [0.717, 1.165) is 29.0 Å². The third kappa shape index (κ3) is 1.62. The molecule has 1 aromatic carbocycles. The SMILES string of the molecule is Cc1cc(-c2cccc3c2OCC3)c(=O)[nH]n1. The van der Waals surface area contributed by atoms with E-state index in [1.165, 1.54) is 0 Å². The van der Waals surface area contributed by atoms with Crippen LogP contribution in [0.15, 0.2) is 29.1 Å². The highest BCUT2D eigenvalue weighted by Crippen LogP contribution is 2.35. The molecule has 2 heterocycles. The van der Waals surface area contributed by atoms with Gasteiger partial charge in [0, 0.05) is 12.0 Å². The fraction of sp³-hybridized carbons (Fsp3) is 0.231. The number of aromatic amines is 1. The zero-order valence-corrected chi connectivity index (χ0v) is 9.49. The Labute approximate surface area is 98.3 Å². The molecule has 0 atom stereocenters. The molecule has 0 amide bonds. The number of benzene rings is 1. The summed E-state index contributed by atoms with van der Waals surface area (Å²) in [5.41, 5.74) is 3.24. The first kappa shape index (κ1) is 10.1. The van der Waals surface area contributed by atoms with Gasteiger partial charge in [-0.05, 0) is 18.6 Å². The molecule has 3 rings (SSSR count). The quantitative estimate of drug-likeness (QED) is 0.808. The minimum absolute atomic E-state index is 0.181. The lowest BCUT2D eigenvalue weighted by atomic mass is 10.0. The van der Waals surface area contributed by atoms with Crippen molar-refractivity contribution in [3.63, 3.8) is 0 Å². The predicted molar refractivity (Wildman–Crippen MR) is 64.2 cm³/mol. The molecule has 0 aliphatic carbocycles. The van der Waals surface area contributed by atoms with Crippen molar-refractivity contribution < 1.29 is 4.74 Å². The Morgan fingerprint density at radius 3 is 3.12 bits per heavy atom. The molecule has 0 bridgehead atoms. The number of hydrogen-bond acceptors (Lipinski definition) is 3. The molecule has 1 aliphatic rings. The van der Waals surface area contributed by atoms with Crippen LogP contribution in [0.5, 0.6) is 5.75 Å². The maximum Gasteiger partial charge on any atom is 0.272 e. The van der Waals surface area contributed by atoms with E-state index < -0.39 is 0 Å². The minimum atomic E-state index is -0.181. The minimum Gasteiger partial charge on any atom is -0.492 e. The second-order valence-electron chi connectivity index (χ2n) is 4.14. The smallest absolute Gasteiger partial charge is 0.272 e. The first-order valence-electron chi connectivity index (χ1n) is 5.57. The highest BCUT2D eigenvalue weighted by atomic mass is 16.5. The lowest BCUT2D eigenvalue weighted by Crippen LogP contribution is -2.11. The monoisotopic (exact) mass is 228 g/mol. The zero-order valence-electron chi connectivity index (χ0n) is 9.49. The Hall–Kier alpha value is -2.10. The van der Waals surface area contributed by atoms with Gasteiger partial charge in [0.2, 0.25) is 0 Å². The van der Waals surface area contributed by atoms with E-state index in [1.54, 1.807) is 6.07 Å². The van der Waals surface area contributed by atoms with Crippen LogP contribution in [-0.2, 0) is 6.42 Å². The van der Waals surface area contributed by atoms with E-state index in [-0.39, 0.29) is 5.56 Å². The summed E-state index contributed by atoms with van der Waals surface area (Å²) in [6, 6.07) is 7.69. The van der Waals surface area contributed by atoms with Gasteiger partial charge in [-0.1, -0.05) is 18.2 Å². The van der Waals surface area contributed by atoms with Gasteiger partial charge in [-0.3, -0.25) is 4.79 Å². The largest absolute Gasteiger partial charge is 0.492 e. The van der Waals surface area contributed by atoms with Crippen molar-refractivity contribution in [2.45, 2.75) is 13.3 Å². The summed E-state index contributed by atoms with van der Waals surface area (Å²) in [6.07, 6.45) is 0.908. The number of nitrogens with one attached hydrogen (secondary N) is 1. The van der Waals surface area contributed by atoms with Crippen LogP contribution in [-0.4, -0.2) is 16.8 Å². The van der Waals surface area contributed by atoms with E-state index >= 15 is 0 Å². The molecule has 17 heavy (non-hydrogen) atoms. The maximum atomic E-state index is 11.8. The van der Waals surface area contributed by atoms with Crippen LogP contribution in [0.3, 0.4) is 0 Å². The molecule has 1 aliphatic heterocycles. The summed E-state index contributed by atoms with van der Waals surface area (Å²) in [5, 5.41) is 6.38. The van der Waals surface area contributed by atoms with Gasteiger partial charge in [-0.2, -0.15) is 5.10 Å². The fourth-order valence-electron chi connectivity index (χ4n) is 2.13. The molecular weight excluding hydrogens is 216 g/mol. The van der Waals surface area contributed by atoms with Gasteiger partial charge in [0.25, 0.3) is 5.56 Å². The fourth-order valence-corrected chi connectivity index (χ4v) is 2.13. The van der Waals surface area contributed by atoms with E-state index in [9.17, 15) is 4.79 Å². The number of aryl methyl sites for hydroxylation is 1. The topological polar surface area (TPSA) is 55.0 Å². The third-order valence-electron chi connectivity index (χ3n) is 2.94. The molecule has 0 saturated heterocycles. The number of rotatable bonds is 1. The van der Waals surface area contributed by atoms with Gasteiger partial charge in [-0.25, -0.2) is 5.10 Å². The van der Waals surface area contributed by atoms with Crippen molar-refractivity contribution in [3.05, 3.63) is 45.9 Å². The highest BCUT2D eigenvalue weighted by molar-refractivity contribution is 5.72. The van der Waals surface area contributed by atoms with Crippen LogP contribution in [0.25, 0.3) is 11.1 Å². The summed E-state index contributed by atoms with van der Waals surface area (Å²) < 4.78 is 5.61. The van der Waals surface area contributed by atoms with E-state index in [2.05, 4.69) is 10.2 Å². The number of para-hydroxylation sites is 1. The van der Waals surface area contributed by atoms with Crippen molar-refractivity contribution in [1.29, 1.82) is 0 Å². The highest BCUT2D eigenvalue weighted by Gasteiger charge is 2.18. The lowest BCUT2D eigenvalue weighted by molar-refractivity contribution is 0.358.